The maximum absolute atomic E-state index is 11.0. The third kappa shape index (κ3) is 4.42. The van der Waals surface area contributed by atoms with Crippen molar-refractivity contribution in [3.63, 3.8) is 0 Å². The van der Waals surface area contributed by atoms with Gasteiger partial charge >= 0.3 is 0 Å². The van der Waals surface area contributed by atoms with Crippen molar-refractivity contribution in [2.75, 3.05) is 17.2 Å². The van der Waals surface area contributed by atoms with E-state index in [4.69, 9.17) is 4.55 Å². The first-order chi connectivity index (χ1) is 11.8. The molecule has 0 amide bonds. The van der Waals surface area contributed by atoms with Crippen molar-refractivity contribution >= 4 is 33.6 Å². The average molecular weight is 378 g/mol. The van der Waals surface area contributed by atoms with Gasteiger partial charge in [-0.2, -0.15) is 8.42 Å². The lowest BCUT2D eigenvalue weighted by molar-refractivity contribution is -0.673. The zero-order valence-corrected chi connectivity index (χ0v) is 15.8. The number of nitrogens with zero attached hydrogens (tertiary/aromatic N) is 2. The summed E-state index contributed by atoms with van der Waals surface area (Å²) >= 11 is 1.68. The van der Waals surface area contributed by atoms with E-state index in [0.717, 1.165) is 26.9 Å². The first-order valence-electron chi connectivity index (χ1n) is 8.01. The van der Waals surface area contributed by atoms with E-state index in [1.807, 2.05) is 42.9 Å². The van der Waals surface area contributed by atoms with Crippen LogP contribution in [0.1, 0.15) is 17.7 Å². The summed E-state index contributed by atoms with van der Waals surface area (Å²) in [5.41, 5.74) is 3.31. The van der Waals surface area contributed by atoms with Crippen molar-refractivity contribution in [1.82, 2.24) is 0 Å². The fourth-order valence-corrected chi connectivity index (χ4v) is 4.38. The predicted molar refractivity (Wildman–Crippen MR) is 101 cm³/mol. The first-order valence-corrected chi connectivity index (χ1v) is 10.4. The molecule has 0 fully saturated rings. The van der Waals surface area contributed by atoms with Crippen LogP contribution in [0.5, 0.6) is 0 Å². The molecular weight excluding hydrogens is 356 g/mol. The standard InChI is InChI=1S/C18H20N2O3S2/c1-14-7-8-17-16(12-14)20(10-5-11-25(21,22)23)18(24-17)13-15-6-3-4-9-19(15)2/h3-4,6-9,12-13H,5,10-11H2,1-2H3/p+1. The van der Waals surface area contributed by atoms with Crippen LogP contribution in [0.4, 0.5) is 5.69 Å². The van der Waals surface area contributed by atoms with Crippen LogP contribution in [-0.2, 0) is 17.2 Å². The summed E-state index contributed by atoms with van der Waals surface area (Å²) in [6.45, 7) is 2.58. The topological polar surface area (TPSA) is 61.5 Å². The predicted octanol–water partition coefficient (Wildman–Crippen LogP) is 3.01. The number of benzene rings is 1. The van der Waals surface area contributed by atoms with Crippen LogP contribution < -0.4 is 9.47 Å². The molecule has 0 atom stereocenters. The number of hydrogen-bond donors (Lipinski definition) is 1. The van der Waals surface area contributed by atoms with E-state index in [1.165, 1.54) is 0 Å². The van der Waals surface area contributed by atoms with Gasteiger partial charge in [0.05, 0.1) is 16.5 Å². The molecule has 3 rings (SSSR count). The van der Waals surface area contributed by atoms with E-state index in [9.17, 15) is 8.42 Å². The van der Waals surface area contributed by atoms with Gasteiger partial charge in [0.25, 0.3) is 10.1 Å². The van der Waals surface area contributed by atoms with Gasteiger partial charge in [0.15, 0.2) is 6.20 Å². The Morgan fingerprint density at radius 2 is 2.08 bits per heavy atom. The second-order valence-electron chi connectivity index (χ2n) is 6.08. The zero-order valence-electron chi connectivity index (χ0n) is 14.2. The van der Waals surface area contributed by atoms with Gasteiger partial charge in [0.2, 0.25) is 5.69 Å². The summed E-state index contributed by atoms with van der Waals surface area (Å²) in [6, 6.07) is 12.3. The number of pyridine rings is 1. The molecule has 2 aromatic rings. The molecule has 0 saturated carbocycles. The molecular formula is C18H21N2O3S2+. The van der Waals surface area contributed by atoms with Gasteiger partial charge in [-0.15, -0.1) is 0 Å². The van der Waals surface area contributed by atoms with E-state index in [1.54, 1.807) is 11.8 Å². The largest absolute Gasteiger partial charge is 0.335 e. The maximum Gasteiger partial charge on any atom is 0.264 e. The highest BCUT2D eigenvalue weighted by molar-refractivity contribution is 8.03. The molecule has 7 heteroatoms. The van der Waals surface area contributed by atoms with Gasteiger partial charge in [0.1, 0.15) is 7.05 Å². The SMILES string of the molecule is Cc1ccc2c(c1)N(CCCS(=O)(=O)O)C(=Cc1cccc[n+]1C)S2. The van der Waals surface area contributed by atoms with E-state index < -0.39 is 10.1 Å². The summed E-state index contributed by atoms with van der Waals surface area (Å²) in [6.07, 6.45) is 4.46. The van der Waals surface area contributed by atoms with Crippen LogP contribution in [0.2, 0.25) is 0 Å². The zero-order chi connectivity index (χ0) is 18.0. The highest BCUT2D eigenvalue weighted by Crippen LogP contribution is 2.46. The molecule has 0 unspecified atom stereocenters. The summed E-state index contributed by atoms with van der Waals surface area (Å²) in [4.78, 5) is 3.29. The summed E-state index contributed by atoms with van der Waals surface area (Å²) in [5, 5.41) is 1.05. The first kappa shape index (κ1) is 18.0. The van der Waals surface area contributed by atoms with Crippen LogP contribution in [0.15, 0.2) is 52.5 Å². The molecule has 25 heavy (non-hydrogen) atoms. The summed E-state index contributed by atoms with van der Waals surface area (Å²) in [7, 11) is -1.95. The van der Waals surface area contributed by atoms with Gasteiger partial charge in [-0.1, -0.05) is 17.8 Å². The van der Waals surface area contributed by atoms with Crippen molar-refractivity contribution in [1.29, 1.82) is 0 Å². The van der Waals surface area contributed by atoms with Crippen LogP contribution in [-0.4, -0.2) is 25.3 Å². The maximum atomic E-state index is 11.0. The molecule has 0 saturated heterocycles. The fourth-order valence-electron chi connectivity index (χ4n) is 2.77. The molecule has 1 aromatic carbocycles. The van der Waals surface area contributed by atoms with Gasteiger partial charge < -0.3 is 4.90 Å². The third-order valence-corrected chi connectivity index (χ3v) is 5.95. The minimum Gasteiger partial charge on any atom is -0.335 e. The molecule has 0 radical (unpaired) electrons. The number of fused-ring (bicyclic) bond motifs is 1. The number of aryl methyl sites for hydroxylation is 2. The van der Waals surface area contributed by atoms with Gasteiger partial charge in [0, 0.05) is 29.6 Å². The molecule has 5 nitrogen and oxygen atoms in total. The number of aromatic nitrogens is 1. The van der Waals surface area contributed by atoms with Gasteiger partial charge in [-0.25, -0.2) is 4.57 Å². The Morgan fingerprint density at radius 1 is 1.28 bits per heavy atom. The second-order valence-corrected chi connectivity index (χ2v) is 8.72. The van der Waals surface area contributed by atoms with Crippen molar-refractivity contribution in [2.45, 2.75) is 18.2 Å². The highest BCUT2D eigenvalue weighted by Gasteiger charge is 2.26. The van der Waals surface area contributed by atoms with Crippen LogP contribution in [0.3, 0.4) is 0 Å². The summed E-state index contributed by atoms with van der Waals surface area (Å²) in [5.74, 6) is -0.234. The molecule has 2 heterocycles. The lowest BCUT2D eigenvalue weighted by atomic mass is 10.2. The lowest BCUT2D eigenvalue weighted by Gasteiger charge is -2.20. The van der Waals surface area contributed by atoms with Crippen LogP contribution in [0, 0.1) is 6.92 Å². The van der Waals surface area contributed by atoms with Crippen molar-refractivity contribution < 1.29 is 17.5 Å². The third-order valence-electron chi connectivity index (χ3n) is 4.04. The normalized spacial score (nSPS) is 15.6. The number of anilines is 1. The molecule has 1 aromatic heterocycles. The van der Waals surface area contributed by atoms with E-state index in [-0.39, 0.29) is 5.75 Å². The Balaban J connectivity index is 1.93. The fraction of sp³-hybridized carbons (Fsp3) is 0.278. The van der Waals surface area contributed by atoms with Crippen molar-refractivity contribution in [2.24, 2.45) is 7.05 Å². The minimum absolute atomic E-state index is 0.234. The Hall–Kier alpha value is -1.83. The Morgan fingerprint density at radius 3 is 2.80 bits per heavy atom. The summed E-state index contributed by atoms with van der Waals surface area (Å²) < 4.78 is 33.1. The Labute approximate surface area is 152 Å². The van der Waals surface area contributed by atoms with Crippen molar-refractivity contribution in [3.8, 4) is 0 Å². The quantitative estimate of drug-likeness (QED) is 0.641. The Bertz CT molecular complexity index is 924. The smallest absolute Gasteiger partial charge is 0.264 e. The van der Waals surface area contributed by atoms with Crippen LogP contribution >= 0.6 is 11.8 Å². The monoisotopic (exact) mass is 377 g/mol. The average Bonchev–Trinajstić information content (AvgIpc) is 2.86. The lowest BCUT2D eigenvalue weighted by Crippen LogP contribution is -2.31. The van der Waals surface area contributed by atoms with Crippen molar-refractivity contribution in [3.05, 3.63) is 58.9 Å². The van der Waals surface area contributed by atoms with E-state index in [2.05, 4.69) is 29.2 Å². The van der Waals surface area contributed by atoms with Gasteiger partial charge in [-0.05, 0) is 37.1 Å². The highest BCUT2D eigenvalue weighted by atomic mass is 32.2. The number of hydrogen-bond acceptors (Lipinski definition) is 4. The molecule has 0 aliphatic carbocycles. The second kappa shape index (κ2) is 7.19. The van der Waals surface area contributed by atoms with Crippen LogP contribution in [0.25, 0.3) is 6.08 Å². The molecule has 1 N–H and O–H groups in total. The number of thioether (sulfide) groups is 1. The Kier molecular flexibility index (Phi) is 5.17. The van der Waals surface area contributed by atoms with E-state index >= 15 is 0 Å². The molecule has 132 valence electrons. The van der Waals surface area contributed by atoms with E-state index in [0.29, 0.717) is 13.0 Å². The molecule has 0 spiro atoms. The minimum atomic E-state index is -3.94. The molecule has 1 aliphatic rings. The number of rotatable bonds is 5. The molecule has 0 bridgehead atoms. The van der Waals surface area contributed by atoms with Gasteiger partial charge in [-0.3, -0.25) is 4.55 Å². The molecule has 1 aliphatic heterocycles.